The Morgan fingerprint density at radius 1 is 1.25 bits per heavy atom. The second-order valence-corrected chi connectivity index (χ2v) is 3.46. The largest absolute Gasteiger partial charge is 0.324 e. The van der Waals surface area contributed by atoms with Crippen molar-refractivity contribution in [3.63, 3.8) is 0 Å². The van der Waals surface area contributed by atoms with Crippen molar-refractivity contribution >= 4 is 23.1 Å². The van der Waals surface area contributed by atoms with E-state index in [1.807, 2.05) is 13.8 Å². The Balaban J connectivity index is 0.000000606. The topological polar surface area (TPSA) is 48.6 Å². The summed E-state index contributed by atoms with van der Waals surface area (Å²) in [4.78, 5) is 16.0. The van der Waals surface area contributed by atoms with Crippen LogP contribution in [-0.2, 0) is 0 Å². The minimum atomic E-state index is -0.381. The highest BCUT2D eigenvalue weighted by atomic mass is 32.1. The normalized spacial score (nSPS) is 9.75. The Morgan fingerprint density at radius 3 is 2.50 bits per heavy atom. The molecule has 0 unspecified atom stereocenters. The summed E-state index contributed by atoms with van der Waals surface area (Å²) in [5, 5.41) is 0.516. The zero-order chi connectivity index (χ0) is 12.3. The first-order valence-electron chi connectivity index (χ1n) is 5.00. The number of H-pyrrole nitrogens is 2. The highest BCUT2D eigenvalue weighted by Gasteiger charge is 2.02. The van der Waals surface area contributed by atoms with Crippen LogP contribution in [0.25, 0.3) is 10.9 Å². The van der Waals surface area contributed by atoms with E-state index >= 15 is 0 Å². The van der Waals surface area contributed by atoms with Crippen molar-refractivity contribution in [1.29, 1.82) is 0 Å². The molecule has 0 atom stereocenters. The van der Waals surface area contributed by atoms with Crippen LogP contribution in [0.1, 0.15) is 19.4 Å². The van der Waals surface area contributed by atoms with E-state index in [0.717, 1.165) is 0 Å². The predicted molar refractivity (Wildman–Crippen MR) is 65.8 cm³/mol. The Labute approximate surface area is 97.3 Å². The second kappa shape index (κ2) is 5.03. The molecule has 0 aliphatic heterocycles. The molecule has 2 rings (SSSR count). The van der Waals surface area contributed by atoms with Gasteiger partial charge >= 0.3 is 5.69 Å². The molecular formula is C11H13FN2OS. The molecule has 0 saturated heterocycles. The monoisotopic (exact) mass is 240 g/mol. The van der Waals surface area contributed by atoms with Crippen LogP contribution in [-0.4, -0.2) is 9.97 Å². The average Bonchev–Trinajstić information content (AvgIpc) is 2.24. The number of hydrogen-bond donors (Lipinski definition) is 2. The number of aromatic amines is 2. The fourth-order valence-corrected chi connectivity index (χ4v) is 1.56. The maximum atomic E-state index is 13.2. The fourth-order valence-electron chi connectivity index (χ4n) is 1.30. The molecule has 86 valence electrons. The molecule has 0 fully saturated rings. The van der Waals surface area contributed by atoms with Gasteiger partial charge in [0, 0.05) is 5.39 Å². The predicted octanol–water partition coefficient (Wildman–Crippen LogP) is 3.06. The summed E-state index contributed by atoms with van der Waals surface area (Å²) in [5.41, 5.74) is 0.653. The van der Waals surface area contributed by atoms with Gasteiger partial charge in [0.2, 0.25) is 0 Å². The van der Waals surface area contributed by atoms with E-state index < -0.39 is 0 Å². The van der Waals surface area contributed by atoms with Crippen LogP contribution < -0.4 is 5.69 Å². The van der Waals surface area contributed by atoms with E-state index in [9.17, 15) is 9.18 Å². The van der Waals surface area contributed by atoms with Gasteiger partial charge in [-0.05, 0) is 24.6 Å². The van der Waals surface area contributed by atoms with Crippen LogP contribution in [0.2, 0.25) is 0 Å². The third kappa shape index (κ3) is 2.36. The summed E-state index contributed by atoms with van der Waals surface area (Å²) in [7, 11) is 0. The lowest BCUT2D eigenvalue weighted by Gasteiger charge is -2.00. The number of aromatic nitrogens is 2. The second-order valence-electron chi connectivity index (χ2n) is 3.06. The van der Waals surface area contributed by atoms with Gasteiger partial charge in [-0.15, -0.1) is 0 Å². The number of halogens is 1. The standard InChI is InChI=1S/C9H7FN2OS.C2H6/c1-4-2-7-5(3-6(4)10)8(14)12-9(13)11-7;1-2/h2-3H,1H3,(H2,11,12,13,14);1-2H3. The number of fused-ring (bicyclic) bond motifs is 1. The first-order chi connectivity index (χ1) is 7.58. The molecule has 1 aromatic heterocycles. The van der Waals surface area contributed by atoms with Crippen molar-refractivity contribution in [2.45, 2.75) is 20.8 Å². The van der Waals surface area contributed by atoms with Crippen LogP contribution in [0.4, 0.5) is 4.39 Å². The summed E-state index contributed by atoms with van der Waals surface area (Å²) in [6, 6.07) is 2.88. The van der Waals surface area contributed by atoms with Gasteiger partial charge in [0.15, 0.2) is 0 Å². The maximum absolute atomic E-state index is 13.2. The molecule has 0 saturated carbocycles. The SMILES string of the molecule is CC.Cc1cc2[nH]c(=O)[nH]c(=S)c2cc1F. The summed E-state index contributed by atoms with van der Waals surface area (Å²) >= 11 is 4.90. The van der Waals surface area contributed by atoms with Crippen LogP contribution in [0.15, 0.2) is 16.9 Å². The molecule has 0 amide bonds. The van der Waals surface area contributed by atoms with Gasteiger partial charge in [-0.25, -0.2) is 9.18 Å². The zero-order valence-corrected chi connectivity index (χ0v) is 10.2. The van der Waals surface area contributed by atoms with Gasteiger partial charge in [-0.1, -0.05) is 26.1 Å². The van der Waals surface area contributed by atoms with Crippen molar-refractivity contribution in [2.75, 3.05) is 0 Å². The molecule has 0 spiro atoms. The third-order valence-electron chi connectivity index (χ3n) is 2.02. The molecule has 3 nitrogen and oxygen atoms in total. The summed E-state index contributed by atoms with van der Waals surface area (Å²) in [5.74, 6) is -0.330. The molecule has 0 aliphatic rings. The summed E-state index contributed by atoms with van der Waals surface area (Å²) < 4.78 is 13.4. The van der Waals surface area contributed by atoms with Gasteiger partial charge in [0.1, 0.15) is 10.5 Å². The number of benzene rings is 1. The van der Waals surface area contributed by atoms with Crippen molar-refractivity contribution in [1.82, 2.24) is 9.97 Å². The van der Waals surface area contributed by atoms with Crippen LogP contribution >= 0.6 is 12.2 Å². The lowest BCUT2D eigenvalue weighted by atomic mass is 10.1. The highest BCUT2D eigenvalue weighted by Crippen LogP contribution is 2.15. The average molecular weight is 240 g/mol. The highest BCUT2D eigenvalue weighted by molar-refractivity contribution is 7.71. The Morgan fingerprint density at radius 2 is 1.88 bits per heavy atom. The fraction of sp³-hybridized carbons (Fsp3) is 0.273. The Bertz CT molecular complexity index is 615. The maximum Gasteiger partial charge on any atom is 0.324 e. The van der Waals surface area contributed by atoms with Crippen LogP contribution in [0.3, 0.4) is 0 Å². The van der Waals surface area contributed by atoms with Crippen LogP contribution in [0, 0.1) is 17.4 Å². The molecule has 16 heavy (non-hydrogen) atoms. The van der Waals surface area contributed by atoms with Crippen LogP contribution in [0.5, 0.6) is 0 Å². The summed E-state index contributed by atoms with van der Waals surface area (Å²) in [6.45, 7) is 5.63. The van der Waals surface area contributed by atoms with Gasteiger partial charge in [0.05, 0.1) is 5.52 Å². The smallest absolute Gasteiger partial charge is 0.307 e. The Kier molecular flexibility index (Phi) is 3.95. The van der Waals surface area contributed by atoms with E-state index in [-0.39, 0.29) is 16.1 Å². The van der Waals surface area contributed by atoms with E-state index in [1.54, 1.807) is 13.0 Å². The van der Waals surface area contributed by atoms with E-state index in [2.05, 4.69) is 9.97 Å². The van der Waals surface area contributed by atoms with E-state index in [0.29, 0.717) is 16.5 Å². The zero-order valence-electron chi connectivity index (χ0n) is 9.35. The van der Waals surface area contributed by atoms with E-state index in [4.69, 9.17) is 12.2 Å². The number of rotatable bonds is 0. The molecule has 1 heterocycles. The van der Waals surface area contributed by atoms with Crippen molar-refractivity contribution in [2.24, 2.45) is 0 Å². The lowest BCUT2D eigenvalue weighted by Crippen LogP contribution is -2.10. The van der Waals surface area contributed by atoms with Crippen molar-refractivity contribution < 1.29 is 4.39 Å². The van der Waals surface area contributed by atoms with Gasteiger partial charge in [-0.3, -0.25) is 4.98 Å². The molecule has 2 aromatic rings. The van der Waals surface area contributed by atoms with Gasteiger partial charge in [-0.2, -0.15) is 0 Å². The molecule has 0 bridgehead atoms. The molecule has 1 aromatic carbocycles. The van der Waals surface area contributed by atoms with Crippen molar-refractivity contribution in [3.8, 4) is 0 Å². The molecule has 0 radical (unpaired) electrons. The molecule has 2 N–H and O–H groups in total. The number of hydrogen-bond acceptors (Lipinski definition) is 2. The number of nitrogens with one attached hydrogen (secondary N) is 2. The quantitative estimate of drug-likeness (QED) is 0.695. The first-order valence-corrected chi connectivity index (χ1v) is 5.41. The van der Waals surface area contributed by atoms with E-state index in [1.165, 1.54) is 6.07 Å². The van der Waals surface area contributed by atoms with Gasteiger partial charge in [0.25, 0.3) is 0 Å². The minimum absolute atomic E-state index is 0.252. The minimum Gasteiger partial charge on any atom is -0.307 e. The number of aryl methyl sites for hydroxylation is 1. The Hall–Kier alpha value is -1.49. The molecular weight excluding hydrogens is 227 g/mol. The first kappa shape index (κ1) is 12.6. The molecule has 5 heteroatoms. The molecule has 0 aliphatic carbocycles. The summed E-state index contributed by atoms with van der Waals surface area (Å²) in [6.07, 6.45) is 0. The lowest BCUT2D eigenvalue weighted by molar-refractivity contribution is 0.620. The van der Waals surface area contributed by atoms with Crippen molar-refractivity contribution in [3.05, 3.63) is 38.6 Å². The third-order valence-corrected chi connectivity index (χ3v) is 2.34. The van der Waals surface area contributed by atoms with Gasteiger partial charge < -0.3 is 4.98 Å².